The van der Waals surface area contributed by atoms with E-state index in [4.69, 9.17) is 9.84 Å². The zero-order valence-electron chi connectivity index (χ0n) is 10.5. The summed E-state index contributed by atoms with van der Waals surface area (Å²) in [6.07, 6.45) is 0. The Morgan fingerprint density at radius 1 is 1.29 bits per heavy atom. The van der Waals surface area contributed by atoms with Gasteiger partial charge in [-0.3, -0.25) is 4.79 Å². The molecule has 0 saturated carbocycles. The van der Waals surface area contributed by atoms with Gasteiger partial charge in [0.05, 0.1) is 25.7 Å². The Morgan fingerprint density at radius 3 is 2.18 bits per heavy atom. The van der Waals surface area contributed by atoms with E-state index in [1.165, 1.54) is 6.92 Å². The molecule has 0 spiro atoms. The molecule has 0 bridgehead atoms. The zero-order valence-corrected chi connectivity index (χ0v) is 13.3. The number of nitrogens with one attached hydrogen (secondary N) is 2. The number of hydrogen-bond donors (Lipinski definition) is 3. The average molecular weight is 322 g/mol. The summed E-state index contributed by atoms with van der Waals surface area (Å²) in [4.78, 5) is 20.1. The molecule has 99 valence electrons. The van der Waals surface area contributed by atoms with E-state index in [9.17, 15) is 9.59 Å². The number of carbonyl (C=O) groups excluding carboxylic acids is 2. The van der Waals surface area contributed by atoms with E-state index in [2.05, 4.69) is 17.6 Å². The molecule has 1 radical (unpaired) electrons. The first kappa shape index (κ1) is 22.1. The normalized spacial score (nSPS) is 8.18. The predicted molar refractivity (Wildman–Crippen MR) is 60.6 cm³/mol. The fraction of sp³-hybridized carbons (Fsp3) is 0.700. The van der Waals surface area contributed by atoms with Crippen molar-refractivity contribution >= 4 is 11.8 Å². The molecule has 0 aromatic carbocycles. The van der Waals surface area contributed by atoms with Crippen LogP contribution in [0.4, 0.5) is 0 Å². The quantitative estimate of drug-likeness (QED) is 0.436. The molecule has 0 aliphatic rings. The van der Waals surface area contributed by atoms with E-state index in [0.29, 0.717) is 26.3 Å². The molecular formula is C10H21N2O4Y-. The molecule has 0 aromatic rings. The Balaban J connectivity index is -0.000000244. The molecule has 2 amide bonds. The van der Waals surface area contributed by atoms with Crippen molar-refractivity contribution in [2.75, 3.05) is 32.9 Å². The Bertz CT molecular complexity index is 191. The van der Waals surface area contributed by atoms with Crippen LogP contribution in [-0.4, -0.2) is 49.8 Å². The molecule has 0 saturated heterocycles. The molecule has 6 nitrogen and oxygen atoms in total. The van der Waals surface area contributed by atoms with Crippen LogP contribution < -0.4 is 10.6 Å². The maximum absolute atomic E-state index is 10.3. The number of aliphatic hydroxyl groups excluding tert-OH is 1. The minimum Gasteiger partial charge on any atom is -0.394 e. The van der Waals surface area contributed by atoms with Gasteiger partial charge >= 0.3 is 0 Å². The van der Waals surface area contributed by atoms with E-state index in [1.807, 2.05) is 6.92 Å². The molecule has 0 heterocycles. The van der Waals surface area contributed by atoms with Crippen molar-refractivity contribution in [3.8, 4) is 0 Å². The minimum absolute atomic E-state index is 0. The van der Waals surface area contributed by atoms with Crippen molar-refractivity contribution in [2.45, 2.75) is 13.8 Å². The molecule has 0 atom stereocenters. The van der Waals surface area contributed by atoms with E-state index in [0.717, 1.165) is 0 Å². The molecule has 17 heavy (non-hydrogen) atoms. The van der Waals surface area contributed by atoms with Gasteiger partial charge in [-0.15, -0.1) is 0 Å². The average Bonchev–Trinajstić information content (AvgIpc) is 2.17. The van der Waals surface area contributed by atoms with Crippen molar-refractivity contribution in [3.63, 3.8) is 0 Å². The molecule has 3 N–H and O–H groups in total. The predicted octanol–water partition coefficient (Wildman–Crippen LogP) is -0.915. The van der Waals surface area contributed by atoms with Crippen LogP contribution in [0.3, 0.4) is 0 Å². The fourth-order valence-electron chi connectivity index (χ4n) is 0.663. The Hall–Kier alpha value is -0.166. The summed E-state index contributed by atoms with van der Waals surface area (Å²) in [6.45, 7) is 8.38. The third kappa shape index (κ3) is 31.3. The van der Waals surface area contributed by atoms with Crippen LogP contribution in [0.1, 0.15) is 13.8 Å². The molecule has 0 aliphatic carbocycles. The van der Waals surface area contributed by atoms with Crippen molar-refractivity contribution in [1.29, 1.82) is 0 Å². The van der Waals surface area contributed by atoms with Crippen LogP contribution in [0.2, 0.25) is 0 Å². The first-order valence-electron chi connectivity index (χ1n) is 5.07. The van der Waals surface area contributed by atoms with Crippen LogP contribution in [0.15, 0.2) is 0 Å². The van der Waals surface area contributed by atoms with Gasteiger partial charge in [0.1, 0.15) is 0 Å². The van der Waals surface area contributed by atoms with Gasteiger partial charge in [0.25, 0.3) is 0 Å². The van der Waals surface area contributed by atoms with E-state index >= 15 is 0 Å². The SMILES string of the molecule is CC(=O)NCCOCCO.[CH2-]C(=O)NCC.[Y]. The third-order valence-electron chi connectivity index (χ3n) is 1.23. The maximum atomic E-state index is 10.3. The summed E-state index contributed by atoms with van der Waals surface area (Å²) in [5, 5.41) is 13.3. The van der Waals surface area contributed by atoms with Crippen LogP contribution in [-0.2, 0) is 47.0 Å². The van der Waals surface area contributed by atoms with Crippen LogP contribution >= 0.6 is 0 Å². The topological polar surface area (TPSA) is 87.7 Å². The second kappa shape index (κ2) is 18.2. The fourth-order valence-corrected chi connectivity index (χ4v) is 0.663. The Morgan fingerprint density at radius 2 is 1.88 bits per heavy atom. The molecule has 0 aromatic heterocycles. The van der Waals surface area contributed by atoms with Gasteiger partial charge in [-0.1, -0.05) is 0 Å². The Kier molecular flexibility index (Phi) is 23.6. The van der Waals surface area contributed by atoms with Gasteiger partial charge in [0.15, 0.2) is 0 Å². The standard InChI is InChI=1S/C6H13NO3.C4H8NO.Y/c1-6(9)7-2-4-10-5-3-8;1-3-5-4(2)6;/h8H,2-5H2,1H3,(H,7,9);2-3H2,1H3,(H,5,6);/q;-1;. The number of hydrogen-bond acceptors (Lipinski definition) is 4. The summed E-state index contributed by atoms with van der Waals surface area (Å²) >= 11 is 0. The number of ether oxygens (including phenoxy) is 1. The molecule has 0 unspecified atom stereocenters. The number of rotatable bonds is 6. The van der Waals surface area contributed by atoms with Gasteiger partial charge in [0.2, 0.25) is 5.91 Å². The molecule has 7 heteroatoms. The first-order valence-corrected chi connectivity index (χ1v) is 5.07. The third-order valence-corrected chi connectivity index (χ3v) is 1.23. The van der Waals surface area contributed by atoms with Crippen molar-refractivity contribution in [1.82, 2.24) is 10.6 Å². The van der Waals surface area contributed by atoms with Crippen LogP contribution in [0.5, 0.6) is 0 Å². The van der Waals surface area contributed by atoms with Gasteiger partial charge in [-0.25, -0.2) is 0 Å². The number of aliphatic hydroxyl groups is 1. The zero-order chi connectivity index (χ0) is 12.8. The van der Waals surface area contributed by atoms with Crippen molar-refractivity contribution in [3.05, 3.63) is 6.92 Å². The van der Waals surface area contributed by atoms with E-state index in [-0.39, 0.29) is 51.1 Å². The van der Waals surface area contributed by atoms with E-state index < -0.39 is 0 Å². The molecular weight excluding hydrogens is 301 g/mol. The van der Waals surface area contributed by atoms with Crippen molar-refractivity contribution < 1.29 is 52.1 Å². The second-order valence-corrected chi connectivity index (χ2v) is 2.77. The summed E-state index contributed by atoms with van der Waals surface area (Å²) in [6, 6.07) is 0. The van der Waals surface area contributed by atoms with Crippen molar-refractivity contribution in [2.24, 2.45) is 0 Å². The maximum Gasteiger partial charge on any atom is 0.216 e. The van der Waals surface area contributed by atoms with E-state index in [1.54, 1.807) is 0 Å². The van der Waals surface area contributed by atoms with Gasteiger partial charge in [-0.2, -0.15) is 0 Å². The minimum atomic E-state index is -0.211. The summed E-state index contributed by atoms with van der Waals surface area (Å²) in [5.74, 6) is -0.273. The molecule has 0 fully saturated rings. The number of amides is 2. The van der Waals surface area contributed by atoms with Gasteiger partial charge < -0.3 is 32.2 Å². The number of carbonyl (C=O) groups is 2. The monoisotopic (exact) mass is 322 g/mol. The second-order valence-electron chi connectivity index (χ2n) is 2.77. The largest absolute Gasteiger partial charge is 0.394 e. The molecule has 0 aliphatic heterocycles. The van der Waals surface area contributed by atoms with Crippen LogP contribution in [0, 0.1) is 6.92 Å². The van der Waals surface area contributed by atoms with Gasteiger partial charge in [0, 0.05) is 52.7 Å². The van der Waals surface area contributed by atoms with Crippen LogP contribution in [0.25, 0.3) is 0 Å². The van der Waals surface area contributed by atoms with Gasteiger partial charge in [-0.05, 0) is 6.92 Å². The first-order chi connectivity index (χ1) is 7.54. The summed E-state index contributed by atoms with van der Waals surface area (Å²) < 4.78 is 4.87. The summed E-state index contributed by atoms with van der Waals surface area (Å²) in [5.41, 5.74) is 0. The molecule has 0 rings (SSSR count). The summed E-state index contributed by atoms with van der Waals surface area (Å²) in [7, 11) is 0. The smallest absolute Gasteiger partial charge is 0.216 e. The Labute approximate surface area is 128 Å².